The smallest absolute Gasteiger partial charge is 0.166 e. The molecule has 2 aromatic carbocycles. The van der Waals surface area contributed by atoms with Crippen LogP contribution in [0.2, 0.25) is 0 Å². The Morgan fingerprint density at radius 2 is 2.08 bits per heavy atom. The van der Waals surface area contributed by atoms with Crippen LogP contribution in [0.5, 0.6) is 0 Å². The summed E-state index contributed by atoms with van der Waals surface area (Å²) < 4.78 is 37.1. The lowest BCUT2D eigenvalue weighted by Gasteiger charge is -2.25. The second-order valence-electron chi connectivity index (χ2n) is 9.29. The van der Waals surface area contributed by atoms with Crippen LogP contribution in [0.3, 0.4) is 0 Å². The highest BCUT2D eigenvalue weighted by molar-refractivity contribution is 7.91. The van der Waals surface area contributed by atoms with Crippen molar-refractivity contribution in [3.63, 3.8) is 0 Å². The Hall–Kier alpha value is -3.19. The minimum atomic E-state index is -2.90. The van der Waals surface area contributed by atoms with Crippen LogP contribution >= 0.6 is 0 Å². The zero-order chi connectivity index (χ0) is 25.9. The molecule has 0 spiro atoms. The molecule has 1 aliphatic rings. The second kappa shape index (κ2) is 10.8. The minimum Gasteiger partial charge on any atom is -0.368 e. The summed E-state index contributed by atoms with van der Waals surface area (Å²) in [4.78, 5) is 0.581. The fourth-order valence-corrected chi connectivity index (χ4v) is 6.89. The van der Waals surface area contributed by atoms with E-state index in [0.717, 1.165) is 24.8 Å². The van der Waals surface area contributed by atoms with E-state index in [4.69, 9.17) is 5.26 Å². The van der Waals surface area contributed by atoms with Crippen LogP contribution in [-0.4, -0.2) is 27.0 Å². The largest absolute Gasteiger partial charge is 0.368 e. The molecular weight excluding hydrogens is 477 g/mol. The van der Waals surface area contributed by atoms with Crippen molar-refractivity contribution >= 4 is 15.6 Å². The van der Waals surface area contributed by atoms with E-state index in [1.54, 1.807) is 24.9 Å². The molecule has 3 aromatic rings. The number of hydrogen-bond acceptors (Lipinski definition) is 5. The monoisotopic (exact) mass is 509 g/mol. The number of nitrogens with zero attached hydrogens (tertiary/aromatic N) is 3. The molecule has 3 N–H and O–H groups in total. The molecule has 0 amide bonds. The third-order valence-corrected chi connectivity index (χ3v) is 9.02. The van der Waals surface area contributed by atoms with Crippen molar-refractivity contribution in [2.45, 2.75) is 49.8 Å². The Kier molecular flexibility index (Phi) is 7.79. The van der Waals surface area contributed by atoms with E-state index in [0.29, 0.717) is 22.7 Å². The van der Waals surface area contributed by atoms with Gasteiger partial charge in [0.25, 0.3) is 0 Å². The number of aliphatic hydroxyl groups is 1. The van der Waals surface area contributed by atoms with Crippen LogP contribution in [0.15, 0.2) is 64.0 Å². The number of aromatic nitrogens is 1. The number of aliphatic hydroxyl groups excluding tert-OH is 1. The van der Waals surface area contributed by atoms with Gasteiger partial charge in [-0.05, 0) is 60.9 Å². The van der Waals surface area contributed by atoms with E-state index in [2.05, 4.69) is 33.5 Å². The Morgan fingerprint density at radius 1 is 1.33 bits per heavy atom. The number of anilines is 1. The van der Waals surface area contributed by atoms with Gasteiger partial charge in [-0.3, -0.25) is 0 Å². The maximum absolute atomic E-state index is 14.0. The van der Waals surface area contributed by atoms with Gasteiger partial charge in [0.05, 0.1) is 16.2 Å². The van der Waals surface area contributed by atoms with Gasteiger partial charge in [-0.25, -0.2) is 17.7 Å². The van der Waals surface area contributed by atoms with Gasteiger partial charge in [-0.15, -0.1) is 0 Å². The first kappa shape index (κ1) is 25.9. The third-order valence-electron chi connectivity index (χ3n) is 6.94. The van der Waals surface area contributed by atoms with E-state index >= 15 is 0 Å². The summed E-state index contributed by atoms with van der Waals surface area (Å²) in [5.41, 5.74) is 2.95. The predicted molar refractivity (Wildman–Crippen MR) is 139 cm³/mol. The predicted octanol–water partition coefficient (Wildman–Crippen LogP) is 4.68. The van der Waals surface area contributed by atoms with Crippen molar-refractivity contribution in [1.29, 1.82) is 5.26 Å². The average molecular weight is 510 g/mol. The Labute approximate surface area is 212 Å². The van der Waals surface area contributed by atoms with Crippen molar-refractivity contribution in [2.24, 2.45) is 17.3 Å². The first-order valence-electron chi connectivity index (χ1n) is 12.0. The van der Waals surface area contributed by atoms with Crippen LogP contribution in [0, 0.1) is 23.1 Å². The number of hydrogen-bond donors (Lipinski definition) is 3. The fourth-order valence-electron chi connectivity index (χ4n) is 4.86. The Bertz CT molecular complexity index is 1390. The number of rotatable bonds is 7. The fraction of sp³-hybridized carbons (Fsp3) is 0.370. The van der Waals surface area contributed by atoms with Crippen LogP contribution < -0.4 is 10.0 Å². The van der Waals surface area contributed by atoms with Gasteiger partial charge in [0, 0.05) is 32.0 Å². The van der Waals surface area contributed by atoms with Gasteiger partial charge >= 0.3 is 0 Å². The molecule has 4 rings (SSSR count). The first-order valence-corrected chi connectivity index (χ1v) is 13.6. The van der Waals surface area contributed by atoms with Crippen LogP contribution in [0.4, 0.5) is 10.1 Å². The number of nitriles is 1. The summed E-state index contributed by atoms with van der Waals surface area (Å²) in [7, 11) is 0.440. The molecule has 4 atom stereocenters. The van der Waals surface area contributed by atoms with Gasteiger partial charge in [0.2, 0.25) is 0 Å². The topological polar surface area (TPSA) is 102 Å². The van der Waals surface area contributed by atoms with E-state index < -0.39 is 22.0 Å². The van der Waals surface area contributed by atoms with Crippen molar-refractivity contribution in [3.05, 3.63) is 82.9 Å². The summed E-state index contributed by atoms with van der Waals surface area (Å²) in [5, 5.41) is 23.2. The maximum atomic E-state index is 14.0. The van der Waals surface area contributed by atoms with Crippen LogP contribution in [-0.2, 0) is 29.8 Å². The van der Waals surface area contributed by atoms with Crippen molar-refractivity contribution < 1.29 is 13.7 Å². The molecule has 0 saturated heterocycles. The third kappa shape index (κ3) is 5.31. The lowest BCUT2D eigenvalue weighted by atomic mass is 9.91. The van der Waals surface area contributed by atoms with Crippen molar-refractivity contribution in [2.75, 3.05) is 12.4 Å². The number of fused-ring (bicyclic) bond motifs is 1. The highest BCUT2D eigenvalue weighted by Crippen LogP contribution is 2.34. The van der Waals surface area contributed by atoms with Gasteiger partial charge in [-0.1, -0.05) is 37.3 Å². The number of aryl methyl sites for hydroxylation is 2. The quantitative estimate of drug-likeness (QED) is 0.402. The Balaban J connectivity index is 1.58. The zero-order valence-electron chi connectivity index (χ0n) is 20.7. The maximum Gasteiger partial charge on any atom is 0.166 e. The van der Waals surface area contributed by atoms with Gasteiger partial charge in [-0.2, -0.15) is 5.26 Å². The summed E-state index contributed by atoms with van der Waals surface area (Å²) >= 11 is 0. The number of benzene rings is 2. The van der Waals surface area contributed by atoms with Crippen LogP contribution in [0.25, 0.3) is 0 Å². The molecule has 190 valence electrons. The highest BCUT2D eigenvalue weighted by Gasteiger charge is 2.33. The molecular formula is C27H32FN5O2S. The molecule has 0 saturated carbocycles. The number of halogens is 1. The zero-order valence-corrected chi connectivity index (χ0v) is 21.6. The van der Waals surface area contributed by atoms with E-state index in [-0.39, 0.29) is 17.5 Å². The van der Waals surface area contributed by atoms with Gasteiger partial charge in [0.1, 0.15) is 21.8 Å². The summed E-state index contributed by atoms with van der Waals surface area (Å²) in [6.45, 7) is 2.17. The molecule has 1 aliphatic heterocycles. The summed E-state index contributed by atoms with van der Waals surface area (Å²) in [5.74, 6) is -0.353. The molecule has 9 heteroatoms. The molecule has 0 radical (unpaired) electrons. The molecule has 3 unspecified atom stereocenters. The lowest BCUT2D eigenvalue weighted by Crippen LogP contribution is -2.38. The lowest BCUT2D eigenvalue weighted by molar-refractivity contribution is 0.198. The Morgan fingerprint density at radius 3 is 2.78 bits per heavy atom. The van der Waals surface area contributed by atoms with Gasteiger partial charge in [0.15, 0.2) is 6.23 Å². The SMILES string of the molecule is CN=S1(=O)N[C@@H](C(C)CCc2ccccc2)CCc2c1cn(C)c2C(O)Nc1ccc(F)c(C#N)c1. The molecule has 0 aliphatic carbocycles. The van der Waals surface area contributed by atoms with Crippen molar-refractivity contribution in [1.82, 2.24) is 9.29 Å². The first-order chi connectivity index (χ1) is 17.3. The number of nitrogens with one attached hydrogen (secondary N) is 2. The molecule has 7 nitrogen and oxygen atoms in total. The summed E-state index contributed by atoms with van der Waals surface area (Å²) in [6, 6.07) is 16.1. The van der Waals surface area contributed by atoms with E-state index in [1.165, 1.54) is 23.8 Å². The van der Waals surface area contributed by atoms with Crippen LogP contribution in [0.1, 0.15) is 48.4 Å². The van der Waals surface area contributed by atoms with Crippen molar-refractivity contribution in [3.8, 4) is 6.07 Å². The molecule has 0 fully saturated rings. The highest BCUT2D eigenvalue weighted by atomic mass is 32.2. The molecule has 36 heavy (non-hydrogen) atoms. The molecule has 1 aromatic heterocycles. The summed E-state index contributed by atoms with van der Waals surface area (Å²) in [6.07, 6.45) is 3.87. The average Bonchev–Trinajstić information content (AvgIpc) is 3.16. The molecule has 0 bridgehead atoms. The minimum absolute atomic E-state index is 0.00384. The normalized spacial score (nSPS) is 21.1. The standard InChI is InChI=1S/C27H32FN5O2S/c1-18(9-10-19-7-5-4-6-8-19)24-14-12-22-25(36(35,30-2)32-24)17-33(3)26(22)27(34)31-21-11-13-23(28)20(15-21)16-29/h4-8,11,13,15,17-18,24,27,31,34H,9-10,12,14H2,1-3H3,(H,30,32,35)/t18?,24-,27?,36?/m1/s1. The molecule has 2 heterocycles. The second-order valence-corrected chi connectivity index (χ2v) is 11.4. The van der Waals surface area contributed by atoms with E-state index in [9.17, 15) is 13.7 Å². The van der Waals surface area contributed by atoms with E-state index in [1.807, 2.05) is 24.3 Å². The van der Waals surface area contributed by atoms with Gasteiger partial charge < -0.3 is 15.0 Å².